The lowest BCUT2D eigenvalue weighted by Gasteiger charge is -2.10. The van der Waals surface area contributed by atoms with Crippen molar-refractivity contribution < 1.29 is 4.92 Å². The maximum atomic E-state index is 10.9. The van der Waals surface area contributed by atoms with Gasteiger partial charge in [-0.05, 0) is 36.3 Å². The Bertz CT molecular complexity index is 419. The predicted molar refractivity (Wildman–Crippen MR) is 69.6 cm³/mol. The molecule has 0 bridgehead atoms. The Morgan fingerprint density at radius 2 is 2.53 bits per heavy atom. The zero-order valence-electron chi connectivity index (χ0n) is 9.68. The van der Waals surface area contributed by atoms with Crippen LogP contribution in [-0.2, 0) is 0 Å². The van der Waals surface area contributed by atoms with Crippen molar-refractivity contribution in [3.8, 4) is 0 Å². The second kappa shape index (κ2) is 5.35. The Kier molecular flexibility index (Phi) is 3.83. The van der Waals surface area contributed by atoms with Crippen LogP contribution in [-0.4, -0.2) is 28.0 Å². The van der Waals surface area contributed by atoms with Crippen molar-refractivity contribution in [2.24, 2.45) is 5.92 Å². The van der Waals surface area contributed by atoms with Gasteiger partial charge in [-0.25, -0.2) is 4.98 Å². The first-order chi connectivity index (χ1) is 8.16. The molecule has 2 rings (SSSR count). The molecule has 92 valence electrons. The number of nitrogens with zero attached hydrogens (tertiary/aromatic N) is 2. The van der Waals surface area contributed by atoms with Crippen LogP contribution in [0.25, 0.3) is 0 Å². The van der Waals surface area contributed by atoms with Gasteiger partial charge in [0.25, 0.3) is 0 Å². The third kappa shape index (κ3) is 3.09. The largest absolute Gasteiger partial charge is 0.364 e. The molecule has 0 aliphatic carbocycles. The minimum Gasteiger partial charge on any atom is -0.364 e. The number of aromatic nitrogens is 1. The summed E-state index contributed by atoms with van der Waals surface area (Å²) in [6, 6.07) is 1.55. The summed E-state index contributed by atoms with van der Waals surface area (Å²) in [7, 11) is 0. The van der Waals surface area contributed by atoms with Gasteiger partial charge in [0.1, 0.15) is 0 Å². The van der Waals surface area contributed by atoms with Gasteiger partial charge in [0.15, 0.2) is 0 Å². The first kappa shape index (κ1) is 12.2. The number of nitro groups is 1. The fourth-order valence-electron chi connectivity index (χ4n) is 1.81. The molecule has 0 amide bonds. The number of anilines is 1. The highest BCUT2D eigenvalue weighted by molar-refractivity contribution is 7.99. The van der Waals surface area contributed by atoms with Gasteiger partial charge >= 0.3 is 5.69 Å². The fourth-order valence-corrected chi connectivity index (χ4v) is 3.10. The Balaban J connectivity index is 2.06. The van der Waals surface area contributed by atoms with Crippen molar-refractivity contribution in [2.75, 3.05) is 23.4 Å². The molecule has 1 N–H and O–H groups in total. The van der Waals surface area contributed by atoms with Crippen molar-refractivity contribution >= 4 is 23.3 Å². The lowest BCUT2D eigenvalue weighted by atomic mass is 10.1. The summed E-state index contributed by atoms with van der Waals surface area (Å²) in [6.45, 7) is 2.57. The maximum Gasteiger partial charge on any atom is 0.311 e. The van der Waals surface area contributed by atoms with Crippen LogP contribution in [0, 0.1) is 23.0 Å². The van der Waals surface area contributed by atoms with Gasteiger partial charge < -0.3 is 5.32 Å². The number of thioether (sulfide) groups is 1. The van der Waals surface area contributed by atoms with Gasteiger partial charge in [0.05, 0.1) is 4.92 Å². The molecule has 1 aromatic heterocycles. The highest BCUT2D eigenvalue weighted by atomic mass is 32.2. The number of hydrogen-bond acceptors (Lipinski definition) is 5. The molecular formula is C11H15N3O2S. The van der Waals surface area contributed by atoms with Crippen molar-refractivity contribution in [1.29, 1.82) is 0 Å². The number of nitrogens with one attached hydrogen (secondary N) is 1. The van der Waals surface area contributed by atoms with Crippen LogP contribution in [0.15, 0.2) is 12.3 Å². The molecule has 17 heavy (non-hydrogen) atoms. The average Bonchev–Trinajstić information content (AvgIpc) is 2.80. The van der Waals surface area contributed by atoms with Crippen LogP contribution < -0.4 is 5.32 Å². The van der Waals surface area contributed by atoms with Gasteiger partial charge in [-0.15, -0.1) is 0 Å². The van der Waals surface area contributed by atoms with E-state index in [4.69, 9.17) is 0 Å². The molecule has 1 aliphatic heterocycles. The van der Waals surface area contributed by atoms with Crippen molar-refractivity contribution in [3.63, 3.8) is 0 Å². The van der Waals surface area contributed by atoms with E-state index in [1.807, 2.05) is 11.8 Å². The van der Waals surface area contributed by atoms with Crippen molar-refractivity contribution in [2.45, 2.75) is 13.3 Å². The number of aryl methyl sites for hydroxylation is 1. The molecule has 1 aliphatic rings. The van der Waals surface area contributed by atoms with Gasteiger partial charge in [0, 0.05) is 18.8 Å². The van der Waals surface area contributed by atoms with Gasteiger partial charge in [0.2, 0.25) is 5.82 Å². The summed E-state index contributed by atoms with van der Waals surface area (Å²) in [5, 5.41) is 14.0. The van der Waals surface area contributed by atoms with E-state index in [9.17, 15) is 10.1 Å². The molecule has 2 heterocycles. The lowest BCUT2D eigenvalue weighted by Crippen LogP contribution is -2.15. The quantitative estimate of drug-likeness (QED) is 0.659. The minimum atomic E-state index is -0.383. The summed E-state index contributed by atoms with van der Waals surface area (Å²) in [4.78, 5) is 14.6. The van der Waals surface area contributed by atoms with Crippen molar-refractivity contribution in [1.82, 2.24) is 4.98 Å². The average molecular weight is 253 g/mol. The molecule has 1 saturated heterocycles. The summed E-state index contributed by atoms with van der Waals surface area (Å²) in [6.07, 6.45) is 2.83. The van der Waals surface area contributed by atoms with E-state index in [2.05, 4.69) is 10.3 Å². The van der Waals surface area contributed by atoms with E-state index in [0.29, 0.717) is 11.7 Å². The van der Waals surface area contributed by atoms with Crippen LogP contribution in [0.2, 0.25) is 0 Å². The van der Waals surface area contributed by atoms with E-state index in [1.54, 1.807) is 19.2 Å². The minimum absolute atomic E-state index is 0.0654. The normalized spacial score (nSPS) is 19.2. The smallest absolute Gasteiger partial charge is 0.311 e. The number of pyridine rings is 1. The van der Waals surface area contributed by atoms with E-state index < -0.39 is 0 Å². The molecule has 5 nitrogen and oxygen atoms in total. The van der Waals surface area contributed by atoms with Crippen molar-refractivity contribution in [3.05, 3.63) is 27.9 Å². The molecule has 1 aromatic rings. The van der Waals surface area contributed by atoms with E-state index in [-0.39, 0.29) is 10.6 Å². The molecule has 1 atom stereocenters. The topological polar surface area (TPSA) is 68.1 Å². The monoisotopic (exact) mass is 253 g/mol. The highest BCUT2D eigenvalue weighted by Crippen LogP contribution is 2.26. The van der Waals surface area contributed by atoms with Crippen LogP contribution in [0.3, 0.4) is 0 Å². The van der Waals surface area contributed by atoms with E-state index in [0.717, 1.165) is 17.9 Å². The molecular weight excluding hydrogens is 238 g/mol. The summed E-state index contributed by atoms with van der Waals surface area (Å²) < 4.78 is 0. The Hall–Kier alpha value is -1.30. The third-order valence-electron chi connectivity index (χ3n) is 2.78. The van der Waals surface area contributed by atoms with Gasteiger partial charge in [-0.1, -0.05) is 0 Å². The maximum absolute atomic E-state index is 10.9. The number of hydrogen-bond donors (Lipinski definition) is 1. The van der Waals surface area contributed by atoms with Crippen LogP contribution >= 0.6 is 11.8 Å². The Morgan fingerprint density at radius 1 is 1.71 bits per heavy atom. The van der Waals surface area contributed by atoms with Crippen LogP contribution in [0.4, 0.5) is 11.5 Å². The summed E-state index contributed by atoms with van der Waals surface area (Å²) in [5.74, 6) is 3.31. The molecule has 1 fully saturated rings. The van der Waals surface area contributed by atoms with Gasteiger partial charge in [-0.2, -0.15) is 11.8 Å². The number of rotatable bonds is 4. The zero-order valence-corrected chi connectivity index (χ0v) is 10.5. The van der Waals surface area contributed by atoms with Gasteiger partial charge in [-0.3, -0.25) is 10.1 Å². The van der Waals surface area contributed by atoms with E-state index >= 15 is 0 Å². The second-order valence-electron chi connectivity index (χ2n) is 4.25. The SMILES string of the molecule is Cc1cnc(NCC2CCSC2)c([N+](=O)[O-])c1. The Labute approximate surface area is 104 Å². The first-order valence-electron chi connectivity index (χ1n) is 5.59. The van der Waals surface area contributed by atoms with E-state index in [1.165, 1.54) is 12.2 Å². The Morgan fingerprint density at radius 3 is 3.18 bits per heavy atom. The first-order valence-corrected chi connectivity index (χ1v) is 6.75. The standard InChI is InChI=1S/C11H15N3O2S/c1-8-4-10(14(15)16)11(12-5-8)13-6-9-2-3-17-7-9/h4-5,9H,2-3,6-7H2,1H3,(H,12,13). The molecule has 0 aromatic carbocycles. The molecule has 1 unspecified atom stereocenters. The fraction of sp³-hybridized carbons (Fsp3) is 0.545. The molecule has 6 heteroatoms. The molecule has 0 radical (unpaired) electrons. The van der Waals surface area contributed by atoms with Crippen LogP contribution in [0.1, 0.15) is 12.0 Å². The summed E-state index contributed by atoms with van der Waals surface area (Å²) in [5.41, 5.74) is 0.870. The zero-order chi connectivity index (χ0) is 12.3. The highest BCUT2D eigenvalue weighted by Gasteiger charge is 2.19. The van der Waals surface area contributed by atoms with Crippen LogP contribution in [0.5, 0.6) is 0 Å². The predicted octanol–water partition coefficient (Wildman–Crippen LogP) is 2.46. The second-order valence-corrected chi connectivity index (χ2v) is 5.40. The third-order valence-corrected chi connectivity index (χ3v) is 4.01. The summed E-state index contributed by atoms with van der Waals surface area (Å²) >= 11 is 1.94. The molecule has 0 spiro atoms. The lowest BCUT2D eigenvalue weighted by molar-refractivity contribution is -0.384. The molecule has 0 saturated carbocycles.